The highest BCUT2D eigenvalue weighted by Gasteiger charge is 2.30. The Morgan fingerprint density at radius 3 is 2.58 bits per heavy atom. The largest absolute Gasteiger partial charge is 0.303 e. The van der Waals surface area contributed by atoms with E-state index < -0.39 is 0 Å². The van der Waals surface area contributed by atoms with E-state index >= 15 is 0 Å². The number of carbonyl (C=O) groups excluding carboxylic acids is 1. The van der Waals surface area contributed by atoms with Crippen molar-refractivity contribution in [1.82, 2.24) is 5.32 Å². The van der Waals surface area contributed by atoms with Crippen LogP contribution in [0.3, 0.4) is 0 Å². The van der Waals surface area contributed by atoms with Gasteiger partial charge in [-0.05, 0) is 36.6 Å². The number of nitrogens with zero attached hydrogens (tertiary/aromatic N) is 2. The molecule has 4 nitrogen and oxygen atoms in total. The molecule has 1 amide bonds. The van der Waals surface area contributed by atoms with Crippen molar-refractivity contribution < 1.29 is 4.79 Å². The predicted octanol–water partition coefficient (Wildman–Crippen LogP) is 4.00. The van der Waals surface area contributed by atoms with Crippen LogP contribution in [0.5, 0.6) is 0 Å². The first-order chi connectivity index (χ1) is 11.6. The SMILES string of the molecule is C/C(=N\N=C1/NC(=O)C(Cc2ccc(Br)cc2)S1)c1ccccc1. The van der Waals surface area contributed by atoms with Gasteiger partial charge >= 0.3 is 0 Å². The minimum Gasteiger partial charge on any atom is -0.303 e. The highest BCUT2D eigenvalue weighted by molar-refractivity contribution is 9.10. The molecule has 6 heteroatoms. The molecule has 0 saturated carbocycles. The minimum atomic E-state index is -0.169. The lowest BCUT2D eigenvalue weighted by atomic mass is 10.1. The Balaban J connectivity index is 1.67. The molecule has 1 saturated heterocycles. The number of amidine groups is 1. The summed E-state index contributed by atoms with van der Waals surface area (Å²) in [6.07, 6.45) is 0.671. The first-order valence-electron chi connectivity index (χ1n) is 7.51. The van der Waals surface area contributed by atoms with Crippen LogP contribution in [0.1, 0.15) is 18.1 Å². The zero-order valence-corrected chi connectivity index (χ0v) is 15.5. The fourth-order valence-electron chi connectivity index (χ4n) is 2.28. The van der Waals surface area contributed by atoms with Gasteiger partial charge in [-0.2, -0.15) is 5.10 Å². The van der Waals surface area contributed by atoms with E-state index in [0.717, 1.165) is 21.3 Å². The molecule has 1 atom stereocenters. The lowest BCUT2D eigenvalue weighted by molar-refractivity contribution is -0.118. The summed E-state index contributed by atoms with van der Waals surface area (Å²) >= 11 is 4.84. The number of halogens is 1. The number of carbonyl (C=O) groups is 1. The summed E-state index contributed by atoms with van der Waals surface area (Å²) in [5.74, 6) is -0.0192. The Morgan fingerprint density at radius 1 is 1.17 bits per heavy atom. The second kappa shape index (κ2) is 7.77. The second-order valence-corrected chi connectivity index (χ2v) is 7.49. The summed E-state index contributed by atoms with van der Waals surface area (Å²) in [7, 11) is 0. The summed E-state index contributed by atoms with van der Waals surface area (Å²) in [4.78, 5) is 12.1. The first-order valence-corrected chi connectivity index (χ1v) is 9.19. The van der Waals surface area contributed by atoms with Gasteiger partial charge in [-0.15, -0.1) is 5.10 Å². The van der Waals surface area contributed by atoms with E-state index in [2.05, 4.69) is 31.4 Å². The summed E-state index contributed by atoms with van der Waals surface area (Å²) in [6.45, 7) is 1.90. The van der Waals surface area contributed by atoms with Gasteiger partial charge in [0.15, 0.2) is 5.17 Å². The third-order valence-electron chi connectivity index (χ3n) is 3.59. The van der Waals surface area contributed by atoms with Crippen LogP contribution in [0, 0.1) is 0 Å². The quantitative estimate of drug-likeness (QED) is 0.621. The molecule has 0 radical (unpaired) electrons. The average Bonchev–Trinajstić information content (AvgIpc) is 2.95. The van der Waals surface area contributed by atoms with Crippen LogP contribution in [0.25, 0.3) is 0 Å². The zero-order chi connectivity index (χ0) is 16.9. The molecule has 1 aliphatic heterocycles. The number of rotatable bonds is 4. The Bertz CT molecular complexity index is 788. The molecule has 1 fully saturated rings. The minimum absolute atomic E-state index is 0.0192. The summed E-state index contributed by atoms with van der Waals surface area (Å²) in [5, 5.41) is 11.6. The molecular formula is C18H16BrN3OS. The van der Waals surface area contributed by atoms with Gasteiger partial charge in [-0.3, -0.25) is 4.79 Å². The smallest absolute Gasteiger partial charge is 0.239 e. The van der Waals surface area contributed by atoms with Gasteiger partial charge in [0, 0.05) is 4.47 Å². The van der Waals surface area contributed by atoms with Gasteiger partial charge in [-0.1, -0.05) is 70.2 Å². The number of nitrogens with one attached hydrogen (secondary N) is 1. The highest BCUT2D eigenvalue weighted by atomic mass is 79.9. The van der Waals surface area contributed by atoms with Gasteiger partial charge in [0.05, 0.1) is 11.0 Å². The molecule has 122 valence electrons. The average molecular weight is 402 g/mol. The second-order valence-electron chi connectivity index (χ2n) is 5.38. The van der Waals surface area contributed by atoms with Crippen LogP contribution < -0.4 is 5.32 Å². The number of amides is 1. The maximum Gasteiger partial charge on any atom is 0.239 e. The molecule has 0 aromatic heterocycles. The van der Waals surface area contributed by atoms with E-state index in [1.54, 1.807) is 0 Å². The molecule has 0 spiro atoms. The van der Waals surface area contributed by atoms with Crippen LogP contribution in [0.15, 0.2) is 69.3 Å². The van der Waals surface area contributed by atoms with Crippen molar-refractivity contribution in [1.29, 1.82) is 0 Å². The molecular weight excluding hydrogens is 386 g/mol. The number of hydrogen-bond donors (Lipinski definition) is 1. The van der Waals surface area contributed by atoms with Crippen molar-refractivity contribution in [3.63, 3.8) is 0 Å². The van der Waals surface area contributed by atoms with E-state index in [-0.39, 0.29) is 11.2 Å². The Kier molecular flexibility index (Phi) is 5.48. The maximum atomic E-state index is 12.1. The normalized spacial score (nSPS) is 19.6. The Labute approximate surface area is 153 Å². The van der Waals surface area contributed by atoms with E-state index in [4.69, 9.17) is 0 Å². The monoisotopic (exact) mass is 401 g/mol. The topological polar surface area (TPSA) is 53.8 Å². The van der Waals surface area contributed by atoms with E-state index in [1.165, 1.54) is 11.8 Å². The zero-order valence-electron chi connectivity index (χ0n) is 13.1. The number of hydrogen-bond acceptors (Lipinski definition) is 4. The van der Waals surface area contributed by atoms with E-state index in [9.17, 15) is 4.79 Å². The van der Waals surface area contributed by atoms with E-state index in [0.29, 0.717) is 11.6 Å². The van der Waals surface area contributed by atoms with Crippen molar-refractivity contribution in [3.05, 3.63) is 70.2 Å². The lowest BCUT2D eigenvalue weighted by Crippen LogP contribution is -2.25. The predicted molar refractivity (Wildman–Crippen MR) is 103 cm³/mol. The van der Waals surface area contributed by atoms with Gasteiger partial charge in [0.1, 0.15) is 0 Å². The molecule has 0 aliphatic carbocycles. The molecule has 2 aromatic rings. The molecule has 1 heterocycles. The number of benzene rings is 2. The van der Waals surface area contributed by atoms with Gasteiger partial charge in [0.2, 0.25) is 5.91 Å². The van der Waals surface area contributed by atoms with Crippen molar-refractivity contribution >= 4 is 44.5 Å². The van der Waals surface area contributed by atoms with Crippen molar-refractivity contribution in [2.45, 2.75) is 18.6 Å². The third-order valence-corrected chi connectivity index (χ3v) is 5.19. The first kappa shape index (κ1) is 16.9. The molecule has 3 rings (SSSR count). The van der Waals surface area contributed by atoms with Gasteiger partial charge in [-0.25, -0.2) is 0 Å². The third kappa shape index (κ3) is 4.33. The molecule has 2 aromatic carbocycles. The standard InChI is InChI=1S/C18H16BrN3OS/c1-12(14-5-3-2-4-6-14)21-22-18-20-17(23)16(24-18)11-13-7-9-15(19)10-8-13/h2-10,16H,11H2,1H3,(H,20,22,23)/b21-12+. The van der Waals surface area contributed by atoms with Gasteiger partial charge in [0.25, 0.3) is 0 Å². The lowest BCUT2D eigenvalue weighted by Gasteiger charge is -2.05. The summed E-state index contributed by atoms with van der Waals surface area (Å²) in [5.41, 5.74) is 2.95. The fraction of sp³-hybridized carbons (Fsp3) is 0.167. The van der Waals surface area contributed by atoms with Crippen LogP contribution in [-0.2, 0) is 11.2 Å². The fourth-order valence-corrected chi connectivity index (χ4v) is 3.50. The maximum absolute atomic E-state index is 12.1. The highest BCUT2D eigenvalue weighted by Crippen LogP contribution is 2.24. The Hall–Kier alpha value is -1.92. The van der Waals surface area contributed by atoms with Crippen molar-refractivity contribution in [3.8, 4) is 0 Å². The summed E-state index contributed by atoms with van der Waals surface area (Å²) < 4.78 is 1.03. The molecule has 0 bridgehead atoms. The van der Waals surface area contributed by atoms with Gasteiger partial charge < -0.3 is 5.32 Å². The molecule has 24 heavy (non-hydrogen) atoms. The molecule has 1 aliphatic rings. The number of thioether (sulfide) groups is 1. The van der Waals surface area contributed by atoms with E-state index in [1.807, 2.05) is 61.5 Å². The molecule has 1 N–H and O–H groups in total. The van der Waals surface area contributed by atoms with Crippen LogP contribution >= 0.6 is 27.7 Å². The summed E-state index contributed by atoms with van der Waals surface area (Å²) in [6, 6.07) is 17.8. The van der Waals surface area contributed by atoms with Crippen LogP contribution in [0.4, 0.5) is 0 Å². The van der Waals surface area contributed by atoms with Crippen molar-refractivity contribution in [2.75, 3.05) is 0 Å². The van der Waals surface area contributed by atoms with Crippen LogP contribution in [-0.4, -0.2) is 22.0 Å². The molecule has 1 unspecified atom stereocenters. The van der Waals surface area contributed by atoms with Crippen LogP contribution in [0.2, 0.25) is 0 Å². The van der Waals surface area contributed by atoms with Crippen molar-refractivity contribution in [2.24, 2.45) is 10.2 Å². The Morgan fingerprint density at radius 2 is 1.88 bits per heavy atom.